The highest BCUT2D eigenvalue weighted by atomic mass is 35.5. The van der Waals surface area contributed by atoms with Crippen LogP contribution in [0.15, 0.2) is 23.1 Å². The van der Waals surface area contributed by atoms with Crippen LogP contribution in [-0.2, 0) is 10.0 Å². The standard InChI is InChI=1S/C11H14ClNO4S/c1-17-9-3-2-4-10-11(9)8(14)7-13(6-5-12)18(10,15)16/h2-4,8,14H,5-7H2,1H3. The van der Waals surface area contributed by atoms with Gasteiger partial charge in [-0.2, -0.15) is 4.31 Å². The van der Waals surface area contributed by atoms with Crippen LogP contribution in [0.5, 0.6) is 5.75 Å². The molecule has 0 radical (unpaired) electrons. The highest BCUT2D eigenvalue weighted by Crippen LogP contribution is 2.37. The monoisotopic (exact) mass is 291 g/mol. The van der Waals surface area contributed by atoms with Crippen LogP contribution in [0.25, 0.3) is 0 Å². The molecule has 5 nitrogen and oxygen atoms in total. The quantitative estimate of drug-likeness (QED) is 0.843. The predicted molar refractivity (Wildman–Crippen MR) is 67.4 cm³/mol. The normalized spacial score (nSPS) is 22.5. The van der Waals surface area contributed by atoms with Crippen molar-refractivity contribution in [3.63, 3.8) is 0 Å². The maximum Gasteiger partial charge on any atom is 0.243 e. The lowest BCUT2D eigenvalue weighted by molar-refractivity contribution is 0.136. The van der Waals surface area contributed by atoms with Gasteiger partial charge in [-0.05, 0) is 12.1 Å². The van der Waals surface area contributed by atoms with E-state index in [9.17, 15) is 13.5 Å². The Hall–Kier alpha value is -0.820. The number of methoxy groups -OCH3 is 1. The number of hydrogen-bond acceptors (Lipinski definition) is 4. The molecule has 1 heterocycles. The number of β-amino-alcohol motifs (C(OH)–C–C–N with tert-alkyl or cyclic N) is 1. The fourth-order valence-electron chi connectivity index (χ4n) is 2.08. The van der Waals surface area contributed by atoms with E-state index in [-0.39, 0.29) is 23.9 Å². The SMILES string of the molecule is COc1cccc2c1C(O)CN(CCCl)S2(=O)=O. The zero-order valence-corrected chi connectivity index (χ0v) is 11.4. The molecule has 1 N–H and O–H groups in total. The van der Waals surface area contributed by atoms with Crippen molar-refractivity contribution in [2.45, 2.75) is 11.0 Å². The number of aliphatic hydroxyl groups excluding tert-OH is 1. The van der Waals surface area contributed by atoms with Crippen LogP contribution in [0.3, 0.4) is 0 Å². The summed E-state index contributed by atoms with van der Waals surface area (Å²) in [6.45, 7) is 0.181. The van der Waals surface area contributed by atoms with Crippen LogP contribution in [0.4, 0.5) is 0 Å². The van der Waals surface area contributed by atoms with Crippen LogP contribution in [0, 0.1) is 0 Å². The molecule has 0 amide bonds. The molecule has 1 aromatic carbocycles. The number of nitrogens with zero attached hydrogens (tertiary/aromatic N) is 1. The van der Waals surface area contributed by atoms with Gasteiger partial charge in [0.1, 0.15) is 5.75 Å². The molecule has 0 fully saturated rings. The maximum atomic E-state index is 12.3. The van der Waals surface area contributed by atoms with Crippen molar-refractivity contribution in [3.05, 3.63) is 23.8 Å². The smallest absolute Gasteiger partial charge is 0.243 e. The van der Waals surface area contributed by atoms with E-state index in [1.54, 1.807) is 12.1 Å². The van der Waals surface area contributed by atoms with E-state index in [4.69, 9.17) is 16.3 Å². The second kappa shape index (κ2) is 5.05. The highest BCUT2D eigenvalue weighted by molar-refractivity contribution is 7.89. The van der Waals surface area contributed by atoms with Crippen LogP contribution in [0.2, 0.25) is 0 Å². The zero-order chi connectivity index (χ0) is 13.3. The Morgan fingerprint density at radius 1 is 1.56 bits per heavy atom. The molecule has 100 valence electrons. The van der Waals surface area contributed by atoms with Gasteiger partial charge in [0.2, 0.25) is 10.0 Å². The average Bonchev–Trinajstić information content (AvgIpc) is 2.35. The second-order valence-corrected chi connectivity index (χ2v) is 6.22. The number of ether oxygens (including phenoxy) is 1. The number of hydrogen-bond donors (Lipinski definition) is 1. The van der Waals surface area contributed by atoms with Crippen molar-refractivity contribution in [2.24, 2.45) is 0 Å². The first-order valence-corrected chi connectivity index (χ1v) is 7.41. The van der Waals surface area contributed by atoms with Gasteiger partial charge in [0.15, 0.2) is 0 Å². The molecule has 7 heteroatoms. The lowest BCUT2D eigenvalue weighted by Gasteiger charge is -2.31. The molecule has 1 aliphatic rings. The molecule has 1 unspecified atom stereocenters. The fraction of sp³-hybridized carbons (Fsp3) is 0.455. The van der Waals surface area contributed by atoms with E-state index in [1.807, 2.05) is 0 Å². The molecular formula is C11H14ClNO4S. The summed E-state index contributed by atoms with van der Waals surface area (Å²) in [6, 6.07) is 4.69. The Labute approximate surface area is 111 Å². The molecule has 0 spiro atoms. The average molecular weight is 292 g/mol. The van der Waals surface area contributed by atoms with Gasteiger partial charge in [-0.15, -0.1) is 11.6 Å². The Morgan fingerprint density at radius 2 is 2.28 bits per heavy atom. The number of aliphatic hydroxyl groups is 1. The lowest BCUT2D eigenvalue weighted by atomic mass is 10.1. The highest BCUT2D eigenvalue weighted by Gasteiger charge is 2.37. The summed E-state index contributed by atoms with van der Waals surface area (Å²) in [4.78, 5) is 0.0886. The van der Waals surface area contributed by atoms with Gasteiger partial charge in [-0.25, -0.2) is 8.42 Å². The molecule has 0 aromatic heterocycles. The number of sulfonamides is 1. The summed E-state index contributed by atoms with van der Waals surface area (Å²) in [7, 11) is -2.16. The molecule has 0 saturated carbocycles. The summed E-state index contributed by atoms with van der Waals surface area (Å²) in [6.07, 6.45) is -0.900. The minimum atomic E-state index is -3.60. The van der Waals surface area contributed by atoms with E-state index in [0.29, 0.717) is 11.3 Å². The van der Waals surface area contributed by atoms with E-state index >= 15 is 0 Å². The second-order valence-electron chi connectivity index (χ2n) is 3.94. The third-order valence-electron chi connectivity index (χ3n) is 2.91. The summed E-state index contributed by atoms with van der Waals surface area (Å²) in [5.74, 6) is 0.569. The maximum absolute atomic E-state index is 12.3. The molecule has 0 bridgehead atoms. The van der Waals surface area contributed by atoms with Gasteiger partial charge in [0.05, 0.1) is 18.1 Å². The minimum absolute atomic E-state index is 0.00241. The van der Waals surface area contributed by atoms with Gasteiger partial charge < -0.3 is 9.84 Å². The van der Waals surface area contributed by atoms with Crippen molar-refractivity contribution < 1.29 is 18.3 Å². The molecule has 1 atom stereocenters. The Bertz CT molecular complexity index is 546. The van der Waals surface area contributed by atoms with Gasteiger partial charge in [0.25, 0.3) is 0 Å². The topological polar surface area (TPSA) is 66.8 Å². The number of alkyl halides is 1. The van der Waals surface area contributed by atoms with Crippen molar-refractivity contribution >= 4 is 21.6 Å². The lowest BCUT2D eigenvalue weighted by Crippen LogP contribution is -2.40. The summed E-state index contributed by atoms with van der Waals surface area (Å²) < 4.78 is 30.9. The number of fused-ring (bicyclic) bond motifs is 1. The van der Waals surface area contributed by atoms with Crippen LogP contribution >= 0.6 is 11.6 Å². The Balaban J connectivity index is 2.59. The third-order valence-corrected chi connectivity index (χ3v) is 5.00. The van der Waals surface area contributed by atoms with Gasteiger partial charge in [-0.1, -0.05) is 6.07 Å². The number of rotatable bonds is 3. The zero-order valence-electron chi connectivity index (χ0n) is 9.84. The van der Waals surface area contributed by atoms with E-state index in [0.717, 1.165) is 0 Å². The molecule has 1 aromatic rings. The minimum Gasteiger partial charge on any atom is -0.496 e. The molecule has 1 aliphatic heterocycles. The van der Waals surface area contributed by atoms with E-state index in [2.05, 4.69) is 0 Å². The van der Waals surface area contributed by atoms with E-state index in [1.165, 1.54) is 17.5 Å². The predicted octanol–water partition coefficient (Wildman–Crippen LogP) is 0.972. The first-order valence-electron chi connectivity index (χ1n) is 5.43. The van der Waals surface area contributed by atoms with Crippen LogP contribution in [0.1, 0.15) is 11.7 Å². The summed E-state index contributed by atoms with van der Waals surface area (Å²) in [5, 5.41) is 10.1. The molecule has 0 aliphatic carbocycles. The van der Waals surface area contributed by atoms with Gasteiger partial charge in [-0.3, -0.25) is 0 Å². The van der Waals surface area contributed by atoms with Crippen molar-refractivity contribution in [2.75, 3.05) is 26.1 Å². The molecule has 2 rings (SSSR count). The van der Waals surface area contributed by atoms with Crippen molar-refractivity contribution in [3.8, 4) is 5.75 Å². The largest absolute Gasteiger partial charge is 0.496 e. The summed E-state index contributed by atoms with van der Waals surface area (Å²) in [5.41, 5.74) is 0.325. The fourth-order valence-corrected chi connectivity index (χ4v) is 4.10. The van der Waals surface area contributed by atoms with Crippen LogP contribution in [-0.4, -0.2) is 43.9 Å². The Morgan fingerprint density at radius 3 is 2.89 bits per heavy atom. The third kappa shape index (κ3) is 2.09. The first-order chi connectivity index (χ1) is 8.52. The number of halogens is 1. The van der Waals surface area contributed by atoms with Gasteiger partial charge >= 0.3 is 0 Å². The molecular weight excluding hydrogens is 278 g/mol. The molecule has 0 saturated heterocycles. The van der Waals surface area contributed by atoms with E-state index < -0.39 is 16.1 Å². The van der Waals surface area contributed by atoms with Crippen molar-refractivity contribution in [1.29, 1.82) is 0 Å². The Kier molecular flexibility index (Phi) is 3.82. The van der Waals surface area contributed by atoms with Gasteiger partial charge in [0, 0.05) is 24.5 Å². The van der Waals surface area contributed by atoms with Crippen molar-refractivity contribution in [1.82, 2.24) is 4.31 Å². The van der Waals surface area contributed by atoms with Crippen LogP contribution < -0.4 is 4.74 Å². The summed E-state index contributed by atoms with van der Waals surface area (Å²) >= 11 is 5.58. The first kappa shape index (κ1) is 13.6. The molecule has 18 heavy (non-hydrogen) atoms. The number of benzene rings is 1.